The molecule has 0 fully saturated rings. The molecule has 0 bridgehead atoms. The SMILES string of the molecule is O=P(O)(O)N1OCC=C1c1cccc2ccccc12. The molecule has 3 rings (SSSR count). The van der Waals surface area contributed by atoms with Gasteiger partial charge in [-0.15, -0.1) is 0 Å². The van der Waals surface area contributed by atoms with Crippen molar-refractivity contribution >= 4 is 24.2 Å². The second kappa shape index (κ2) is 4.47. The number of hydroxylamine groups is 1. The summed E-state index contributed by atoms with van der Waals surface area (Å²) in [4.78, 5) is 24.3. The fourth-order valence-corrected chi connectivity index (χ4v) is 2.90. The van der Waals surface area contributed by atoms with Crippen LogP contribution in [0.1, 0.15) is 5.56 Å². The van der Waals surface area contributed by atoms with Gasteiger partial charge in [0.05, 0.1) is 12.3 Å². The van der Waals surface area contributed by atoms with E-state index >= 15 is 0 Å². The van der Waals surface area contributed by atoms with Crippen molar-refractivity contribution in [1.82, 2.24) is 4.83 Å². The number of hydrogen-bond acceptors (Lipinski definition) is 2. The molecule has 0 amide bonds. The first kappa shape index (κ1) is 12.4. The minimum Gasteiger partial charge on any atom is -0.307 e. The Morgan fingerprint density at radius 2 is 1.84 bits per heavy atom. The minimum absolute atomic E-state index is 0.156. The van der Waals surface area contributed by atoms with E-state index in [1.54, 1.807) is 6.08 Å². The van der Waals surface area contributed by atoms with E-state index < -0.39 is 7.75 Å². The first-order valence-electron chi connectivity index (χ1n) is 5.75. The van der Waals surface area contributed by atoms with Crippen molar-refractivity contribution < 1.29 is 19.2 Å². The zero-order chi connectivity index (χ0) is 13.5. The molecule has 2 aromatic carbocycles. The number of fused-ring (bicyclic) bond motifs is 1. The maximum absolute atomic E-state index is 11.4. The normalized spacial score (nSPS) is 15.9. The maximum Gasteiger partial charge on any atom is 0.453 e. The van der Waals surface area contributed by atoms with Gasteiger partial charge in [0.25, 0.3) is 0 Å². The van der Waals surface area contributed by atoms with Gasteiger partial charge in [-0.05, 0) is 16.8 Å². The summed E-state index contributed by atoms with van der Waals surface area (Å²) in [5, 5.41) is 1.94. The average Bonchev–Trinajstić information content (AvgIpc) is 2.87. The van der Waals surface area contributed by atoms with Crippen molar-refractivity contribution in [1.29, 1.82) is 0 Å². The molecule has 0 unspecified atom stereocenters. The molecule has 5 nitrogen and oxygen atoms in total. The van der Waals surface area contributed by atoms with Crippen molar-refractivity contribution in [3.8, 4) is 0 Å². The summed E-state index contributed by atoms with van der Waals surface area (Å²) in [5.74, 6) is 0. The summed E-state index contributed by atoms with van der Waals surface area (Å²) in [5.41, 5.74) is 1.16. The maximum atomic E-state index is 11.4. The molecule has 0 saturated heterocycles. The third kappa shape index (κ3) is 2.17. The Labute approximate surface area is 109 Å². The topological polar surface area (TPSA) is 70.0 Å². The lowest BCUT2D eigenvalue weighted by Gasteiger charge is -2.21. The second-order valence-electron chi connectivity index (χ2n) is 4.20. The molecule has 1 aliphatic rings. The summed E-state index contributed by atoms with van der Waals surface area (Å²) in [6.07, 6.45) is 1.67. The lowest BCUT2D eigenvalue weighted by molar-refractivity contribution is -0.0265. The molecule has 98 valence electrons. The second-order valence-corrected chi connectivity index (χ2v) is 5.59. The van der Waals surface area contributed by atoms with Crippen LogP contribution in [0, 0.1) is 0 Å². The summed E-state index contributed by atoms with van der Waals surface area (Å²) in [6, 6.07) is 13.3. The Morgan fingerprint density at radius 3 is 2.63 bits per heavy atom. The molecule has 0 saturated carbocycles. The van der Waals surface area contributed by atoms with E-state index in [1.807, 2.05) is 42.5 Å². The van der Waals surface area contributed by atoms with E-state index in [9.17, 15) is 14.4 Å². The zero-order valence-corrected chi connectivity index (χ0v) is 10.8. The smallest absolute Gasteiger partial charge is 0.307 e. The van der Waals surface area contributed by atoms with Crippen LogP contribution in [-0.4, -0.2) is 21.2 Å². The summed E-state index contributed by atoms with van der Waals surface area (Å²) in [7, 11) is -4.47. The van der Waals surface area contributed by atoms with Gasteiger partial charge in [0.2, 0.25) is 0 Å². The molecule has 1 aliphatic heterocycles. The molecule has 0 atom stereocenters. The van der Waals surface area contributed by atoms with Crippen LogP contribution in [0.4, 0.5) is 0 Å². The number of benzene rings is 2. The van der Waals surface area contributed by atoms with Crippen molar-refractivity contribution in [3.05, 3.63) is 54.1 Å². The molecule has 2 aromatic rings. The Bertz CT molecular complexity index is 701. The standard InChI is InChI=1S/C13H12NO4P/c15-19(16,17)14-13(8-9-18-14)12-7-3-5-10-4-1-2-6-11(10)12/h1-8H,9H2,(H2,15,16,17). The van der Waals surface area contributed by atoms with Crippen LogP contribution in [-0.2, 0) is 9.40 Å². The predicted molar refractivity (Wildman–Crippen MR) is 71.8 cm³/mol. The van der Waals surface area contributed by atoms with Crippen LogP contribution >= 0.6 is 7.75 Å². The minimum atomic E-state index is -4.47. The third-order valence-corrected chi connectivity index (χ3v) is 3.79. The van der Waals surface area contributed by atoms with Gasteiger partial charge in [0.1, 0.15) is 0 Å². The average molecular weight is 277 g/mol. The Hall–Kier alpha value is -1.65. The molecule has 19 heavy (non-hydrogen) atoms. The van der Waals surface area contributed by atoms with E-state index in [0.29, 0.717) is 10.5 Å². The first-order chi connectivity index (χ1) is 9.07. The number of rotatable bonds is 2. The molecule has 2 N–H and O–H groups in total. The molecule has 0 aromatic heterocycles. The third-order valence-electron chi connectivity index (χ3n) is 2.98. The van der Waals surface area contributed by atoms with Gasteiger partial charge >= 0.3 is 7.75 Å². The van der Waals surface area contributed by atoms with Crippen molar-refractivity contribution in [2.75, 3.05) is 6.61 Å². The summed E-state index contributed by atoms with van der Waals surface area (Å²) < 4.78 is 11.4. The molecule has 6 heteroatoms. The largest absolute Gasteiger partial charge is 0.453 e. The van der Waals surface area contributed by atoms with Crippen LogP contribution in [0.2, 0.25) is 0 Å². The van der Waals surface area contributed by atoms with Crippen LogP contribution in [0.15, 0.2) is 48.5 Å². The van der Waals surface area contributed by atoms with Crippen LogP contribution < -0.4 is 0 Å². The molecular weight excluding hydrogens is 265 g/mol. The van der Waals surface area contributed by atoms with E-state index in [4.69, 9.17) is 4.84 Å². The van der Waals surface area contributed by atoms with E-state index in [1.165, 1.54) is 0 Å². The highest BCUT2D eigenvalue weighted by Gasteiger charge is 2.33. The molecular formula is C13H12NO4P. The van der Waals surface area contributed by atoms with E-state index in [2.05, 4.69) is 0 Å². The van der Waals surface area contributed by atoms with Crippen LogP contribution in [0.25, 0.3) is 16.5 Å². The van der Waals surface area contributed by atoms with Gasteiger partial charge in [-0.25, -0.2) is 4.57 Å². The molecule has 1 heterocycles. The van der Waals surface area contributed by atoms with Gasteiger partial charge in [0.15, 0.2) is 0 Å². The van der Waals surface area contributed by atoms with Crippen molar-refractivity contribution in [2.45, 2.75) is 0 Å². The Balaban J connectivity index is 2.17. The van der Waals surface area contributed by atoms with E-state index in [0.717, 1.165) is 16.3 Å². The molecule has 0 radical (unpaired) electrons. The first-order valence-corrected chi connectivity index (χ1v) is 7.31. The van der Waals surface area contributed by atoms with Crippen molar-refractivity contribution in [3.63, 3.8) is 0 Å². The Kier molecular flexibility index (Phi) is 2.92. The fraction of sp³-hybridized carbons (Fsp3) is 0.0769. The quantitative estimate of drug-likeness (QED) is 0.825. The van der Waals surface area contributed by atoms with Gasteiger partial charge in [-0.2, -0.15) is 4.83 Å². The van der Waals surface area contributed by atoms with Gasteiger partial charge in [-0.1, -0.05) is 42.5 Å². The van der Waals surface area contributed by atoms with Gasteiger partial charge < -0.3 is 9.79 Å². The van der Waals surface area contributed by atoms with Gasteiger partial charge in [-0.3, -0.25) is 4.84 Å². The predicted octanol–water partition coefficient (Wildman–Crippen LogP) is 2.52. The summed E-state index contributed by atoms with van der Waals surface area (Å²) >= 11 is 0. The van der Waals surface area contributed by atoms with Crippen LogP contribution in [0.5, 0.6) is 0 Å². The summed E-state index contributed by atoms with van der Waals surface area (Å²) in [6.45, 7) is 0.156. The number of nitrogens with zero attached hydrogens (tertiary/aromatic N) is 1. The zero-order valence-electron chi connectivity index (χ0n) is 9.93. The molecule has 0 spiro atoms. The van der Waals surface area contributed by atoms with Crippen LogP contribution in [0.3, 0.4) is 0 Å². The van der Waals surface area contributed by atoms with E-state index in [-0.39, 0.29) is 6.61 Å². The highest BCUT2D eigenvalue weighted by molar-refractivity contribution is 7.49. The number of hydrogen-bond donors (Lipinski definition) is 2. The highest BCUT2D eigenvalue weighted by Crippen LogP contribution is 2.48. The fourth-order valence-electron chi connectivity index (χ4n) is 2.21. The van der Waals surface area contributed by atoms with Crippen molar-refractivity contribution in [2.24, 2.45) is 0 Å². The lowest BCUT2D eigenvalue weighted by Crippen LogP contribution is -2.14. The monoisotopic (exact) mass is 277 g/mol. The highest BCUT2D eigenvalue weighted by atomic mass is 31.2. The lowest BCUT2D eigenvalue weighted by atomic mass is 10.0. The Morgan fingerprint density at radius 1 is 1.11 bits per heavy atom. The molecule has 0 aliphatic carbocycles. The van der Waals surface area contributed by atoms with Gasteiger partial charge in [0, 0.05) is 5.56 Å².